The van der Waals surface area contributed by atoms with Crippen LogP contribution < -0.4 is 20.1 Å². The number of ketones is 1. The lowest BCUT2D eigenvalue weighted by atomic mass is 9.94. The molecular weight excluding hydrogens is 633 g/mol. The number of β-amino-alcohol motifs (C(OH)–C–C–N with tert-alkyl or cyclic N) is 1. The number of benzene rings is 3. The summed E-state index contributed by atoms with van der Waals surface area (Å²) >= 11 is 0. The lowest BCUT2D eigenvalue weighted by molar-refractivity contribution is -0.118. The number of hydrogen-bond donors (Lipinski definition) is 6. The smallest absolute Gasteiger partial charge is 0.345 e. The van der Waals surface area contributed by atoms with E-state index in [0.717, 1.165) is 17.4 Å². The summed E-state index contributed by atoms with van der Waals surface area (Å²) in [7, 11) is -7.64. The molecule has 3 aromatic carbocycles. The Morgan fingerprint density at radius 2 is 1.72 bits per heavy atom. The van der Waals surface area contributed by atoms with Gasteiger partial charge in [0.2, 0.25) is 10.0 Å². The molecule has 0 radical (unpaired) electrons. The molecule has 46 heavy (non-hydrogen) atoms. The van der Waals surface area contributed by atoms with E-state index in [4.69, 9.17) is 0 Å². The SMILES string of the molecule is CC(=O)[C@@H](Cc1ccccc1)N=C1NS(=O)(=O)N=C1Nc1ccc(CC(C)(C)NC[C@H](O)c2ccc(O)c(NS(C)(=O)=O)c2)cc1. The number of rotatable bonds is 13. The monoisotopic (exact) mass is 670 g/mol. The highest BCUT2D eigenvalue weighted by molar-refractivity contribution is 7.92. The minimum absolute atomic E-state index is 0.0202. The summed E-state index contributed by atoms with van der Waals surface area (Å²) in [6, 6.07) is 20.0. The summed E-state index contributed by atoms with van der Waals surface area (Å²) in [6.45, 7) is 5.49. The standard InChI is InChI=1S/C31H38N6O7S2/c1-20(38)25(16-21-8-6-5-7-9-21)34-30-29(36-46(43,44)37-30)33-24-13-10-22(11-14-24)18-31(2,3)32-19-28(40)23-12-15-27(39)26(17-23)35-45(4,41)42/h5-15,17,25,28,32,35,39-40H,16,18-19H2,1-4H3,(H,33,36)(H,34,37)/t25-,28+/m1/s1. The summed E-state index contributed by atoms with van der Waals surface area (Å²) in [4.78, 5) is 16.7. The number of nitrogens with zero attached hydrogens (tertiary/aromatic N) is 2. The van der Waals surface area contributed by atoms with Gasteiger partial charge in [-0.25, -0.2) is 13.1 Å². The molecule has 0 aliphatic carbocycles. The van der Waals surface area contributed by atoms with Gasteiger partial charge in [0.1, 0.15) is 11.8 Å². The van der Waals surface area contributed by atoms with Crippen molar-refractivity contribution in [2.24, 2.45) is 9.39 Å². The molecule has 2 atom stereocenters. The first-order valence-electron chi connectivity index (χ1n) is 14.3. The van der Waals surface area contributed by atoms with E-state index in [2.05, 4.69) is 29.5 Å². The molecule has 0 amide bonds. The van der Waals surface area contributed by atoms with Crippen LogP contribution in [0, 0.1) is 0 Å². The highest BCUT2D eigenvalue weighted by Gasteiger charge is 2.29. The number of phenols is 1. The molecule has 0 unspecified atom stereocenters. The second-order valence-corrected chi connectivity index (χ2v) is 14.8. The minimum atomic E-state index is -4.03. The molecule has 1 heterocycles. The third-order valence-electron chi connectivity index (χ3n) is 7.02. The quantitative estimate of drug-likeness (QED) is 0.148. The highest BCUT2D eigenvalue weighted by atomic mass is 32.2. The maximum atomic E-state index is 12.3. The van der Waals surface area contributed by atoms with Gasteiger partial charge in [-0.15, -0.1) is 4.40 Å². The van der Waals surface area contributed by atoms with Gasteiger partial charge < -0.3 is 20.8 Å². The molecule has 246 valence electrons. The molecule has 3 aromatic rings. The number of aliphatic imine (C=N–C) groups is 1. The summed E-state index contributed by atoms with van der Waals surface area (Å²) in [5, 5.41) is 27.0. The molecule has 0 fully saturated rings. The van der Waals surface area contributed by atoms with E-state index in [1.807, 2.05) is 56.3 Å². The van der Waals surface area contributed by atoms with Gasteiger partial charge in [-0.1, -0.05) is 48.5 Å². The number of aromatic hydroxyl groups is 1. The van der Waals surface area contributed by atoms with Crippen LogP contribution in [0.15, 0.2) is 82.2 Å². The summed E-state index contributed by atoms with van der Waals surface area (Å²) in [5.41, 5.74) is 2.34. The zero-order chi connectivity index (χ0) is 33.7. The molecule has 6 N–H and O–H groups in total. The van der Waals surface area contributed by atoms with Crippen molar-refractivity contribution in [3.63, 3.8) is 0 Å². The number of carbonyl (C=O) groups is 1. The van der Waals surface area contributed by atoms with Crippen LogP contribution in [-0.4, -0.2) is 68.9 Å². The lowest BCUT2D eigenvalue weighted by Gasteiger charge is -2.28. The van der Waals surface area contributed by atoms with Gasteiger partial charge in [-0.3, -0.25) is 14.5 Å². The predicted octanol–water partition coefficient (Wildman–Crippen LogP) is 2.67. The lowest BCUT2D eigenvalue weighted by Crippen LogP contribution is -2.43. The molecule has 0 spiro atoms. The molecule has 13 nitrogen and oxygen atoms in total. The maximum Gasteiger partial charge on any atom is 0.345 e. The van der Waals surface area contributed by atoms with E-state index in [-0.39, 0.29) is 35.4 Å². The largest absolute Gasteiger partial charge is 0.506 e. The van der Waals surface area contributed by atoms with Gasteiger partial charge in [0.15, 0.2) is 17.5 Å². The van der Waals surface area contributed by atoms with E-state index in [9.17, 15) is 31.8 Å². The Kier molecular flexibility index (Phi) is 10.5. The topological polar surface area (TPSA) is 199 Å². The molecular formula is C31H38N6O7S2. The fraction of sp³-hybridized carbons (Fsp3) is 0.323. The molecule has 4 rings (SSSR count). The van der Waals surface area contributed by atoms with Crippen LogP contribution in [0.5, 0.6) is 5.75 Å². The summed E-state index contributed by atoms with van der Waals surface area (Å²) in [5.74, 6) is -0.534. The number of phenolic OH excluding ortho intramolecular Hbond substituents is 1. The van der Waals surface area contributed by atoms with Crippen LogP contribution in [0.2, 0.25) is 0 Å². The van der Waals surface area contributed by atoms with E-state index in [0.29, 0.717) is 24.1 Å². The average molecular weight is 671 g/mol. The van der Waals surface area contributed by atoms with E-state index in [1.165, 1.54) is 25.1 Å². The van der Waals surface area contributed by atoms with Crippen molar-refractivity contribution in [2.45, 2.75) is 51.3 Å². The number of aliphatic hydroxyl groups excluding tert-OH is 1. The Hall–Kier alpha value is -4.31. The van der Waals surface area contributed by atoms with E-state index in [1.54, 1.807) is 12.1 Å². The Morgan fingerprint density at radius 3 is 2.35 bits per heavy atom. The van der Waals surface area contributed by atoms with Crippen molar-refractivity contribution in [1.82, 2.24) is 10.0 Å². The van der Waals surface area contributed by atoms with Crippen molar-refractivity contribution in [3.05, 3.63) is 89.5 Å². The third-order valence-corrected chi connectivity index (χ3v) is 8.49. The number of anilines is 2. The molecule has 0 bridgehead atoms. The van der Waals surface area contributed by atoms with Gasteiger partial charge in [0.25, 0.3) is 0 Å². The summed E-state index contributed by atoms with van der Waals surface area (Å²) < 4.78 is 56.0. The van der Waals surface area contributed by atoms with Gasteiger partial charge >= 0.3 is 10.2 Å². The first-order chi connectivity index (χ1) is 21.5. The first-order valence-corrected chi connectivity index (χ1v) is 17.7. The molecule has 0 saturated carbocycles. The fourth-order valence-electron chi connectivity index (χ4n) is 4.75. The maximum absolute atomic E-state index is 12.3. The number of carbonyl (C=O) groups excluding carboxylic acids is 1. The van der Waals surface area contributed by atoms with Crippen molar-refractivity contribution in [1.29, 1.82) is 0 Å². The van der Waals surface area contributed by atoms with Gasteiger partial charge in [-0.2, -0.15) is 8.42 Å². The van der Waals surface area contributed by atoms with Crippen molar-refractivity contribution >= 4 is 49.1 Å². The van der Waals surface area contributed by atoms with Crippen LogP contribution in [0.3, 0.4) is 0 Å². The second-order valence-electron chi connectivity index (χ2n) is 11.7. The number of hydrogen-bond acceptors (Lipinski definition) is 10. The molecule has 1 aliphatic heterocycles. The van der Waals surface area contributed by atoms with Crippen molar-refractivity contribution < 1.29 is 31.8 Å². The van der Waals surface area contributed by atoms with Crippen LogP contribution >= 0.6 is 0 Å². The molecule has 15 heteroatoms. The number of nitrogens with one attached hydrogen (secondary N) is 4. The highest BCUT2D eigenvalue weighted by Crippen LogP contribution is 2.28. The average Bonchev–Trinajstić information content (AvgIpc) is 3.25. The number of Topliss-reactive ketones (excluding diaryl/α,β-unsaturated/α-hetero) is 1. The van der Waals surface area contributed by atoms with Crippen LogP contribution in [0.4, 0.5) is 11.4 Å². The predicted molar refractivity (Wildman–Crippen MR) is 179 cm³/mol. The second kappa shape index (κ2) is 14.0. The van der Waals surface area contributed by atoms with Gasteiger partial charge in [-0.05, 0) is 68.1 Å². The Labute approximate surface area is 269 Å². The van der Waals surface area contributed by atoms with Gasteiger partial charge in [0, 0.05) is 24.2 Å². The zero-order valence-electron chi connectivity index (χ0n) is 25.9. The Bertz CT molecular complexity index is 1840. The van der Waals surface area contributed by atoms with Crippen LogP contribution in [0.25, 0.3) is 0 Å². The van der Waals surface area contributed by atoms with Gasteiger partial charge in [0.05, 0.1) is 18.0 Å². The zero-order valence-corrected chi connectivity index (χ0v) is 27.5. The summed E-state index contributed by atoms with van der Waals surface area (Å²) in [6.07, 6.45) is 0.868. The number of aliphatic hydroxyl groups is 1. The minimum Gasteiger partial charge on any atom is -0.506 e. The number of sulfonamides is 1. The fourth-order valence-corrected chi connectivity index (χ4v) is 6.12. The Morgan fingerprint density at radius 1 is 1.04 bits per heavy atom. The van der Waals surface area contributed by atoms with Crippen molar-refractivity contribution in [2.75, 3.05) is 22.8 Å². The molecule has 1 aliphatic rings. The van der Waals surface area contributed by atoms with Crippen LogP contribution in [0.1, 0.15) is 43.6 Å². The van der Waals surface area contributed by atoms with Crippen molar-refractivity contribution in [3.8, 4) is 5.75 Å². The molecule has 0 aromatic heterocycles. The third kappa shape index (κ3) is 10.1. The molecule has 0 saturated heterocycles. The van der Waals surface area contributed by atoms with Crippen LogP contribution in [-0.2, 0) is 37.9 Å². The van der Waals surface area contributed by atoms with E-state index >= 15 is 0 Å². The Balaban J connectivity index is 1.39. The number of amidine groups is 2. The van der Waals surface area contributed by atoms with E-state index < -0.39 is 37.9 Å². The first kappa shape index (κ1) is 34.6. The normalized spacial score (nSPS) is 16.7.